The summed E-state index contributed by atoms with van der Waals surface area (Å²) in [6.07, 6.45) is 1.94. The monoisotopic (exact) mass is 524 g/mol. The average Bonchev–Trinajstić information content (AvgIpc) is 2.87. The lowest BCUT2D eigenvalue weighted by molar-refractivity contribution is -0.139. The third-order valence-electron chi connectivity index (χ3n) is 6.20. The molecule has 0 amide bonds. The summed E-state index contributed by atoms with van der Waals surface area (Å²) < 4.78 is 38.9. The lowest BCUT2D eigenvalue weighted by Crippen LogP contribution is -2.36. The van der Waals surface area contributed by atoms with Crippen LogP contribution in [-0.4, -0.2) is 51.8 Å². The molecule has 0 bridgehead atoms. The van der Waals surface area contributed by atoms with Crippen LogP contribution in [-0.2, 0) is 26.1 Å². The van der Waals surface area contributed by atoms with Gasteiger partial charge in [-0.15, -0.1) is 0 Å². The number of nitrogen functional groups attached to an aromatic ring is 1. The number of ether oxygens (including phenoxy) is 2. The van der Waals surface area contributed by atoms with Crippen LogP contribution in [0, 0.1) is 5.41 Å². The van der Waals surface area contributed by atoms with Crippen LogP contribution in [0.5, 0.6) is 5.75 Å². The van der Waals surface area contributed by atoms with Gasteiger partial charge in [-0.05, 0) is 85.6 Å². The van der Waals surface area contributed by atoms with Crippen LogP contribution in [0.15, 0.2) is 60.7 Å². The molecule has 0 unspecified atom stereocenters. The predicted molar refractivity (Wildman–Crippen MR) is 145 cm³/mol. The molecule has 10 heteroatoms. The molecule has 3 aromatic carbocycles. The van der Waals surface area contributed by atoms with Crippen molar-refractivity contribution in [3.05, 3.63) is 71.8 Å². The quantitative estimate of drug-likeness (QED) is 0.211. The summed E-state index contributed by atoms with van der Waals surface area (Å²) in [5.74, 6) is -0.947. The first kappa shape index (κ1) is 26.4. The maximum absolute atomic E-state index is 13.4. The first-order valence-electron chi connectivity index (χ1n) is 12.3. The number of nitrogens with one attached hydrogen (secondary N) is 2. The van der Waals surface area contributed by atoms with Gasteiger partial charge in [0.25, 0.3) is 0 Å². The van der Waals surface area contributed by atoms with E-state index in [1.54, 1.807) is 43.3 Å². The number of esters is 1. The normalized spacial score (nSPS) is 14.3. The standard InChI is InChI=1S/C27H32N4O5S/c1-2-35-26(32)18-37(33,34)31(23-7-9-24(10-8-23)36-25-11-13-30-14-12-25)17-19-3-4-20-5-6-21(27(28)29)16-22(20)15-19/h3-10,15-16,25,30H,2,11-14,17-18H2,1H3,(H3,28,29). The molecular weight excluding hydrogens is 492 g/mol. The number of sulfonamides is 1. The van der Waals surface area contributed by atoms with Gasteiger partial charge in [0.1, 0.15) is 17.7 Å². The van der Waals surface area contributed by atoms with Crippen LogP contribution < -0.4 is 20.1 Å². The van der Waals surface area contributed by atoms with Gasteiger partial charge in [-0.3, -0.25) is 14.5 Å². The Morgan fingerprint density at radius 1 is 1.05 bits per heavy atom. The highest BCUT2D eigenvalue weighted by atomic mass is 32.2. The van der Waals surface area contributed by atoms with Crippen LogP contribution in [0.3, 0.4) is 0 Å². The molecule has 1 aliphatic heterocycles. The molecule has 0 aliphatic carbocycles. The number of hydrogen-bond donors (Lipinski definition) is 3. The summed E-state index contributed by atoms with van der Waals surface area (Å²) in [6, 6.07) is 17.9. The van der Waals surface area contributed by atoms with Crippen molar-refractivity contribution in [2.24, 2.45) is 5.73 Å². The van der Waals surface area contributed by atoms with Crippen LogP contribution in [0.25, 0.3) is 10.8 Å². The molecule has 9 nitrogen and oxygen atoms in total. The Balaban J connectivity index is 1.63. The first-order valence-corrected chi connectivity index (χ1v) is 13.9. The number of anilines is 1. The zero-order chi connectivity index (χ0) is 26.4. The van der Waals surface area contributed by atoms with E-state index in [0.29, 0.717) is 17.0 Å². The first-order chi connectivity index (χ1) is 17.7. The van der Waals surface area contributed by atoms with Gasteiger partial charge < -0.3 is 20.5 Å². The van der Waals surface area contributed by atoms with Crippen molar-refractivity contribution < 1.29 is 22.7 Å². The summed E-state index contributed by atoms with van der Waals surface area (Å²) in [7, 11) is -4.05. The number of hydrogen-bond acceptors (Lipinski definition) is 7. The summed E-state index contributed by atoms with van der Waals surface area (Å²) in [4.78, 5) is 12.1. The fraction of sp³-hybridized carbons (Fsp3) is 0.333. The number of carbonyl (C=O) groups excluding carboxylic acids is 1. The second-order valence-corrected chi connectivity index (χ2v) is 10.8. The highest BCUT2D eigenvalue weighted by Crippen LogP contribution is 2.27. The van der Waals surface area contributed by atoms with Crippen molar-refractivity contribution in [1.82, 2.24) is 5.32 Å². The number of rotatable bonds is 10. The summed E-state index contributed by atoms with van der Waals surface area (Å²) in [5.41, 5.74) is 7.36. The van der Waals surface area contributed by atoms with Crippen molar-refractivity contribution in [1.29, 1.82) is 5.41 Å². The maximum atomic E-state index is 13.4. The van der Waals surface area contributed by atoms with Crippen molar-refractivity contribution in [2.45, 2.75) is 32.4 Å². The van der Waals surface area contributed by atoms with Crippen LogP contribution in [0.4, 0.5) is 5.69 Å². The summed E-state index contributed by atoms with van der Waals surface area (Å²) >= 11 is 0. The lowest BCUT2D eigenvalue weighted by atomic mass is 10.0. The smallest absolute Gasteiger partial charge is 0.323 e. The Kier molecular flexibility index (Phi) is 8.30. The van der Waals surface area contributed by atoms with E-state index in [0.717, 1.165) is 42.3 Å². The van der Waals surface area contributed by atoms with Gasteiger partial charge in [0, 0.05) is 5.56 Å². The third kappa shape index (κ3) is 6.78. The van der Waals surface area contributed by atoms with Crippen LogP contribution >= 0.6 is 0 Å². The average molecular weight is 525 g/mol. The molecule has 196 valence electrons. The number of nitrogens with two attached hydrogens (primary N) is 1. The second-order valence-electron chi connectivity index (χ2n) is 8.94. The molecule has 0 saturated carbocycles. The molecule has 0 radical (unpaired) electrons. The molecule has 1 heterocycles. The number of benzene rings is 3. The fourth-order valence-electron chi connectivity index (χ4n) is 4.30. The molecule has 1 fully saturated rings. The van der Waals surface area contributed by atoms with Crippen LogP contribution in [0.1, 0.15) is 30.9 Å². The summed E-state index contributed by atoms with van der Waals surface area (Å²) in [5, 5.41) is 12.8. The molecule has 4 rings (SSSR count). The Morgan fingerprint density at radius 2 is 1.76 bits per heavy atom. The van der Waals surface area contributed by atoms with Gasteiger partial charge in [0.15, 0.2) is 5.75 Å². The molecule has 4 N–H and O–H groups in total. The molecule has 0 atom stereocenters. The third-order valence-corrected chi connectivity index (χ3v) is 7.81. The Morgan fingerprint density at radius 3 is 2.43 bits per heavy atom. The van der Waals surface area contributed by atoms with E-state index < -0.39 is 21.7 Å². The van der Waals surface area contributed by atoms with E-state index in [1.165, 1.54) is 4.31 Å². The highest BCUT2D eigenvalue weighted by molar-refractivity contribution is 7.93. The van der Waals surface area contributed by atoms with Gasteiger partial charge in [-0.1, -0.05) is 24.3 Å². The van der Waals surface area contributed by atoms with Crippen molar-refractivity contribution in [3.8, 4) is 5.75 Å². The van der Waals surface area contributed by atoms with E-state index in [9.17, 15) is 13.2 Å². The van der Waals surface area contributed by atoms with E-state index in [4.69, 9.17) is 20.6 Å². The number of nitrogens with zero attached hydrogens (tertiary/aromatic N) is 1. The molecule has 1 aliphatic rings. The Hall–Kier alpha value is -3.63. The van der Waals surface area contributed by atoms with Gasteiger partial charge >= 0.3 is 5.97 Å². The van der Waals surface area contributed by atoms with E-state index in [-0.39, 0.29) is 25.1 Å². The molecule has 0 spiro atoms. The van der Waals surface area contributed by atoms with E-state index >= 15 is 0 Å². The predicted octanol–water partition coefficient (Wildman–Crippen LogP) is 3.15. The minimum absolute atomic E-state index is 0.0104. The highest BCUT2D eigenvalue weighted by Gasteiger charge is 2.27. The van der Waals surface area contributed by atoms with Gasteiger partial charge in [0.05, 0.1) is 18.8 Å². The number of piperidine rings is 1. The maximum Gasteiger partial charge on any atom is 0.323 e. The second kappa shape index (κ2) is 11.6. The van der Waals surface area contributed by atoms with E-state index in [1.807, 2.05) is 24.3 Å². The van der Waals surface area contributed by atoms with Crippen LogP contribution in [0.2, 0.25) is 0 Å². The topological polar surface area (TPSA) is 135 Å². The van der Waals surface area contributed by atoms with Crippen molar-refractivity contribution in [2.75, 3.05) is 29.8 Å². The SMILES string of the molecule is CCOC(=O)CS(=O)(=O)N(Cc1ccc2ccc(C(=N)N)cc2c1)c1ccc(OC2CCNCC2)cc1. The zero-order valence-electron chi connectivity index (χ0n) is 20.8. The molecule has 1 saturated heterocycles. The molecule has 0 aromatic heterocycles. The fourth-order valence-corrected chi connectivity index (χ4v) is 5.63. The Labute approximate surface area is 217 Å². The summed E-state index contributed by atoms with van der Waals surface area (Å²) in [6.45, 7) is 3.55. The number of fused-ring (bicyclic) bond motifs is 1. The molecular formula is C27H32N4O5S. The molecule has 3 aromatic rings. The van der Waals surface area contributed by atoms with Gasteiger partial charge in [-0.25, -0.2) is 8.42 Å². The largest absolute Gasteiger partial charge is 0.490 e. The van der Waals surface area contributed by atoms with Crippen molar-refractivity contribution in [3.63, 3.8) is 0 Å². The number of amidine groups is 1. The van der Waals surface area contributed by atoms with Gasteiger partial charge in [0.2, 0.25) is 10.0 Å². The zero-order valence-corrected chi connectivity index (χ0v) is 21.6. The minimum atomic E-state index is -4.05. The minimum Gasteiger partial charge on any atom is -0.490 e. The van der Waals surface area contributed by atoms with Crippen molar-refractivity contribution >= 4 is 38.3 Å². The molecule has 37 heavy (non-hydrogen) atoms. The lowest BCUT2D eigenvalue weighted by Gasteiger charge is -2.26. The number of carbonyl (C=O) groups is 1. The Bertz CT molecular complexity index is 1370. The van der Waals surface area contributed by atoms with Gasteiger partial charge in [-0.2, -0.15) is 0 Å². The van der Waals surface area contributed by atoms with E-state index in [2.05, 4.69) is 5.32 Å².